The van der Waals surface area contributed by atoms with Crippen LogP contribution in [0.5, 0.6) is 0 Å². The third-order valence-electron chi connectivity index (χ3n) is 2.08. The van der Waals surface area contributed by atoms with Gasteiger partial charge in [0.2, 0.25) is 0 Å². The largest absolute Gasteiger partial charge is 0.404 e. The van der Waals surface area contributed by atoms with E-state index >= 15 is 0 Å². The monoisotopic (exact) mass is 212 g/mol. The molecule has 1 aliphatic rings. The van der Waals surface area contributed by atoms with Crippen LogP contribution in [0.2, 0.25) is 0 Å². The Labute approximate surface area is 88.9 Å². The summed E-state index contributed by atoms with van der Waals surface area (Å²) in [5.74, 6) is -0.415. The minimum atomic E-state index is -0.415. The minimum Gasteiger partial charge on any atom is -0.404 e. The number of rotatable bonds is 4. The zero-order valence-electron chi connectivity index (χ0n) is 8.57. The molecular formula is C10H16N2O3. The number of carbonyl (C=O) groups is 1. The molecule has 5 nitrogen and oxygen atoms in total. The van der Waals surface area contributed by atoms with Gasteiger partial charge in [0.25, 0.3) is 5.91 Å². The fraction of sp³-hybridized carbons (Fsp3) is 0.500. The Balaban J connectivity index is 2.29. The van der Waals surface area contributed by atoms with Gasteiger partial charge in [0.1, 0.15) is 0 Å². The molecule has 1 unspecified atom stereocenters. The SMILES string of the molecule is C=C/C(=C\N)C(=O)NOC1CCCCO1. The minimum absolute atomic E-state index is 0.269. The molecule has 84 valence electrons. The van der Waals surface area contributed by atoms with Crippen LogP contribution in [0.3, 0.4) is 0 Å². The maximum atomic E-state index is 11.3. The summed E-state index contributed by atoms with van der Waals surface area (Å²) < 4.78 is 5.26. The van der Waals surface area contributed by atoms with Crippen LogP contribution in [-0.4, -0.2) is 18.8 Å². The molecule has 1 saturated heterocycles. The van der Waals surface area contributed by atoms with Gasteiger partial charge in [0, 0.05) is 19.2 Å². The third kappa shape index (κ3) is 3.73. The van der Waals surface area contributed by atoms with Crippen molar-refractivity contribution in [2.45, 2.75) is 25.6 Å². The van der Waals surface area contributed by atoms with Gasteiger partial charge in [-0.2, -0.15) is 0 Å². The Morgan fingerprint density at radius 1 is 1.60 bits per heavy atom. The summed E-state index contributed by atoms with van der Waals surface area (Å²) >= 11 is 0. The van der Waals surface area contributed by atoms with E-state index in [2.05, 4.69) is 12.1 Å². The number of hydrogen-bond donors (Lipinski definition) is 2. The Morgan fingerprint density at radius 3 is 2.93 bits per heavy atom. The van der Waals surface area contributed by atoms with Crippen LogP contribution in [-0.2, 0) is 14.4 Å². The molecule has 1 aliphatic heterocycles. The van der Waals surface area contributed by atoms with E-state index in [9.17, 15) is 4.79 Å². The number of amides is 1. The summed E-state index contributed by atoms with van der Waals surface area (Å²) in [6, 6.07) is 0. The van der Waals surface area contributed by atoms with Gasteiger partial charge in [-0.15, -0.1) is 0 Å². The van der Waals surface area contributed by atoms with E-state index in [0.717, 1.165) is 19.3 Å². The number of carbonyl (C=O) groups excluding carboxylic acids is 1. The molecule has 1 rings (SSSR count). The van der Waals surface area contributed by atoms with Gasteiger partial charge < -0.3 is 10.5 Å². The van der Waals surface area contributed by atoms with E-state index in [1.165, 1.54) is 12.3 Å². The Hall–Kier alpha value is -1.33. The van der Waals surface area contributed by atoms with Crippen molar-refractivity contribution >= 4 is 5.91 Å². The number of hydroxylamine groups is 1. The molecule has 0 spiro atoms. The number of nitrogens with two attached hydrogens (primary N) is 1. The fourth-order valence-corrected chi connectivity index (χ4v) is 1.22. The Morgan fingerprint density at radius 2 is 2.40 bits per heavy atom. The topological polar surface area (TPSA) is 73.6 Å². The zero-order valence-corrected chi connectivity index (χ0v) is 8.57. The van der Waals surface area contributed by atoms with Crippen molar-refractivity contribution < 1.29 is 14.4 Å². The molecule has 0 aromatic carbocycles. The molecule has 0 aliphatic carbocycles. The molecule has 1 atom stereocenters. The van der Waals surface area contributed by atoms with Gasteiger partial charge in [-0.1, -0.05) is 12.7 Å². The smallest absolute Gasteiger partial charge is 0.276 e. The predicted molar refractivity (Wildman–Crippen MR) is 55.3 cm³/mol. The molecule has 0 radical (unpaired) electrons. The first kappa shape index (κ1) is 11.7. The third-order valence-corrected chi connectivity index (χ3v) is 2.08. The van der Waals surface area contributed by atoms with Gasteiger partial charge >= 0.3 is 0 Å². The summed E-state index contributed by atoms with van der Waals surface area (Å²) in [6.45, 7) is 4.12. The van der Waals surface area contributed by atoms with Gasteiger partial charge in [0.15, 0.2) is 6.29 Å². The van der Waals surface area contributed by atoms with Gasteiger partial charge in [-0.05, 0) is 12.8 Å². The second-order valence-corrected chi connectivity index (χ2v) is 3.17. The van der Waals surface area contributed by atoms with Gasteiger partial charge in [-0.25, -0.2) is 10.3 Å². The zero-order chi connectivity index (χ0) is 11.1. The Kier molecular flexibility index (Phi) is 4.86. The molecule has 1 fully saturated rings. The highest BCUT2D eigenvalue weighted by Crippen LogP contribution is 2.12. The highest BCUT2D eigenvalue weighted by Gasteiger charge is 2.16. The molecule has 5 heteroatoms. The first-order valence-corrected chi connectivity index (χ1v) is 4.90. The van der Waals surface area contributed by atoms with Crippen LogP contribution in [0.25, 0.3) is 0 Å². The molecule has 3 N–H and O–H groups in total. The molecule has 0 aromatic heterocycles. The summed E-state index contributed by atoms with van der Waals surface area (Å²) in [6.07, 6.45) is 5.05. The van der Waals surface area contributed by atoms with Gasteiger partial charge in [-0.3, -0.25) is 4.79 Å². The Bertz CT molecular complexity index is 257. The number of hydrogen-bond acceptors (Lipinski definition) is 4. The quantitative estimate of drug-likeness (QED) is 0.406. The van der Waals surface area contributed by atoms with Crippen molar-refractivity contribution in [2.24, 2.45) is 5.73 Å². The maximum Gasteiger partial charge on any atom is 0.276 e. The van der Waals surface area contributed by atoms with Crippen molar-refractivity contribution in [3.8, 4) is 0 Å². The average Bonchev–Trinajstić information content (AvgIpc) is 2.29. The van der Waals surface area contributed by atoms with E-state index < -0.39 is 5.91 Å². The van der Waals surface area contributed by atoms with Crippen LogP contribution in [0.15, 0.2) is 24.4 Å². The van der Waals surface area contributed by atoms with Crippen molar-refractivity contribution in [1.29, 1.82) is 0 Å². The highest BCUT2D eigenvalue weighted by atomic mass is 16.8. The van der Waals surface area contributed by atoms with Crippen molar-refractivity contribution in [1.82, 2.24) is 5.48 Å². The lowest BCUT2D eigenvalue weighted by Crippen LogP contribution is -2.33. The summed E-state index contributed by atoms with van der Waals surface area (Å²) in [7, 11) is 0. The summed E-state index contributed by atoms with van der Waals surface area (Å²) in [4.78, 5) is 16.4. The molecule has 0 saturated carbocycles. The second-order valence-electron chi connectivity index (χ2n) is 3.17. The van der Waals surface area contributed by atoms with Crippen LogP contribution in [0.1, 0.15) is 19.3 Å². The molecule has 0 aromatic rings. The van der Waals surface area contributed by atoms with Crippen LogP contribution >= 0.6 is 0 Å². The van der Waals surface area contributed by atoms with E-state index in [4.69, 9.17) is 15.3 Å². The van der Waals surface area contributed by atoms with E-state index in [1.807, 2.05) is 0 Å². The summed E-state index contributed by atoms with van der Waals surface area (Å²) in [5.41, 5.74) is 7.75. The van der Waals surface area contributed by atoms with Crippen molar-refractivity contribution in [2.75, 3.05) is 6.61 Å². The lowest BCUT2D eigenvalue weighted by atomic mass is 10.2. The number of ether oxygens (including phenoxy) is 1. The molecular weight excluding hydrogens is 196 g/mol. The standard InChI is InChI=1S/C10H16N2O3/c1-2-8(7-11)10(13)12-15-9-5-3-4-6-14-9/h2,7,9H,1,3-6,11H2,(H,12,13)/b8-7+. The number of nitrogens with one attached hydrogen (secondary N) is 1. The lowest BCUT2D eigenvalue weighted by molar-refractivity contribution is -0.198. The predicted octanol–water partition coefficient (Wildman–Crippen LogP) is 0.589. The molecule has 0 bridgehead atoms. The lowest BCUT2D eigenvalue weighted by Gasteiger charge is -2.22. The molecule has 1 heterocycles. The fourth-order valence-electron chi connectivity index (χ4n) is 1.22. The molecule has 1 amide bonds. The first-order chi connectivity index (χ1) is 7.27. The van der Waals surface area contributed by atoms with Crippen LogP contribution in [0.4, 0.5) is 0 Å². The van der Waals surface area contributed by atoms with Crippen molar-refractivity contribution in [3.63, 3.8) is 0 Å². The normalized spacial score (nSPS) is 22.1. The van der Waals surface area contributed by atoms with Crippen molar-refractivity contribution in [3.05, 3.63) is 24.4 Å². The van der Waals surface area contributed by atoms with Crippen LogP contribution in [0, 0.1) is 0 Å². The summed E-state index contributed by atoms with van der Waals surface area (Å²) in [5, 5.41) is 0. The highest BCUT2D eigenvalue weighted by molar-refractivity contribution is 5.95. The first-order valence-electron chi connectivity index (χ1n) is 4.90. The van der Waals surface area contributed by atoms with Crippen LogP contribution < -0.4 is 11.2 Å². The maximum absolute atomic E-state index is 11.3. The van der Waals surface area contributed by atoms with E-state index in [0.29, 0.717) is 6.61 Å². The van der Waals surface area contributed by atoms with E-state index in [1.54, 1.807) is 0 Å². The van der Waals surface area contributed by atoms with Gasteiger partial charge in [0.05, 0.1) is 5.57 Å². The van der Waals surface area contributed by atoms with E-state index in [-0.39, 0.29) is 11.9 Å². The second kappa shape index (κ2) is 6.21. The molecule has 15 heavy (non-hydrogen) atoms. The average molecular weight is 212 g/mol.